The van der Waals surface area contributed by atoms with E-state index >= 15 is 0 Å². The van der Waals surface area contributed by atoms with Crippen LogP contribution in [0.1, 0.15) is 29.8 Å². The normalized spacial score (nSPS) is 10.6. The standard InChI is InChI=1S/C22H22ClN5O4/c1-14(2)12-32-22(29)15-7-9-17(10-8-15)27-21-19(28(30)31)20(25-13-26-21)24-11-16-5-3-4-6-18(16)23/h3-10,13-14H,11-12H2,1-2H3,(H2,24,25,26,27). The second kappa shape index (κ2) is 10.5. The Morgan fingerprint density at radius 2 is 1.81 bits per heavy atom. The van der Waals surface area contributed by atoms with E-state index < -0.39 is 10.9 Å². The molecule has 2 N–H and O–H groups in total. The van der Waals surface area contributed by atoms with E-state index in [1.165, 1.54) is 6.33 Å². The second-order valence-electron chi connectivity index (χ2n) is 7.32. The highest BCUT2D eigenvalue weighted by atomic mass is 35.5. The lowest BCUT2D eigenvalue weighted by Gasteiger charge is -2.11. The highest BCUT2D eigenvalue weighted by Gasteiger charge is 2.23. The van der Waals surface area contributed by atoms with E-state index in [1.54, 1.807) is 36.4 Å². The Hall–Kier alpha value is -3.72. The summed E-state index contributed by atoms with van der Waals surface area (Å²) >= 11 is 6.15. The van der Waals surface area contributed by atoms with Gasteiger partial charge in [0, 0.05) is 17.3 Å². The molecule has 0 aliphatic heterocycles. The van der Waals surface area contributed by atoms with Crippen molar-refractivity contribution in [1.82, 2.24) is 9.97 Å². The van der Waals surface area contributed by atoms with Crippen LogP contribution in [0.4, 0.5) is 23.0 Å². The number of rotatable bonds is 9. The van der Waals surface area contributed by atoms with Crippen molar-refractivity contribution in [2.45, 2.75) is 20.4 Å². The third-order valence-electron chi connectivity index (χ3n) is 4.34. The van der Waals surface area contributed by atoms with Crippen LogP contribution in [-0.2, 0) is 11.3 Å². The molecule has 0 aliphatic carbocycles. The topological polar surface area (TPSA) is 119 Å². The van der Waals surface area contributed by atoms with Crippen molar-refractivity contribution in [3.63, 3.8) is 0 Å². The van der Waals surface area contributed by atoms with E-state index in [9.17, 15) is 14.9 Å². The molecule has 0 unspecified atom stereocenters. The van der Waals surface area contributed by atoms with Gasteiger partial charge in [-0.25, -0.2) is 14.8 Å². The summed E-state index contributed by atoms with van der Waals surface area (Å²) < 4.78 is 5.20. The van der Waals surface area contributed by atoms with Gasteiger partial charge >= 0.3 is 11.7 Å². The van der Waals surface area contributed by atoms with Crippen LogP contribution >= 0.6 is 11.6 Å². The second-order valence-corrected chi connectivity index (χ2v) is 7.72. The molecule has 2 aromatic carbocycles. The quantitative estimate of drug-likeness (QED) is 0.256. The number of halogens is 1. The van der Waals surface area contributed by atoms with Crippen LogP contribution in [0.25, 0.3) is 0 Å². The molecule has 1 heterocycles. The van der Waals surface area contributed by atoms with Crippen LogP contribution in [0.3, 0.4) is 0 Å². The van der Waals surface area contributed by atoms with Gasteiger partial charge in [0.2, 0.25) is 11.6 Å². The van der Waals surface area contributed by atoms with Crippen molar-refractivity contribution in [3.8, 4) is 0 Å². The summed E-state index contributed by atoms with van der Waals surface area (Å²) in [5.74, 6) is -0.119. The van der Waals surface area contributed by atoms with Crippen LogP contribution in [0.5, 0.6) is 0 Å². The van der Waals surface area contributed by atoms with Gasteiger partial charge in [0.25, 0.3) is 0 Å². The van der Waals surface area contributed by atoms with E-state index in [0.29, 0.717) is 22.9 Å². The van der Waals surface area contributed by atoms with Gasteiger partial charge in [-0.2, -0.15) is 0 Å². The zero-order valence-corrected chi connectivity index (χ0v) is 18.3. The molecule has 0 bridgehead atoms. The summed E-state index contributed by atoms with van der Waals surface area (Å²) in [5, 5.41) is 18.1. The van der Waals surface area contributed by atoms with Gasteiger partial charge in [0.05, 0.1) is 17.1 Å². The average Bonchev–Trinajstić information content (AvgIpc) is 2.77. The molecule has 3 aromatic rings. The van der Waals surface area contributed by atoms with Gasteiger partial charge in [-0.3, -0.25) is 10.1 Å². The van der Waals surface area contributed by atoms with Crippen molar-refractivity contribution >= 4 is 40.6 Å². The zero-order chi connectivity index (χ0) is 23.1. The number of ether oxygens (including phenoxy) is 1. The third kappa shape index (κ3) is 5.92. The van der Waals surface area contributed by atoms with Crippen molar-refractivity contribution in [2.75, 3.05) is 17.2 Å². The summed E-state index contributed by atoms with van der Waals surface area (Å²) in [6.07, 6.45) is 1.22. The minimum atomic E-state index is -0.561. The maximum atomic E-state index is 12.0. The first-order chi connectivity index (χ1) is 15.3. The number of nitrogens with one attached hydrogen (secondary N) is 2. The van der Waals surface area contributed by atoms with Gasteiger partial charge < -0.3 is 15.4 Å². The molecule has 3 rings (SSSR count). The number of hydrogen-bond donors (Lipinski definition) is 2. The Morgan fingerprint density at radius 3 is 2.47 bits per heavy atom. The first-order valence-corrected chi connectivity index (χ1v) is 10.2. The molecule has 0 saturated carbocycles. The number of aromatic nitrogens is 2. The van der Waals surface area contributed by atoms with Crippen molar-refractivity contribution < 1.29 is 14.5 Å². The molecule has 1 aromatic heterocycles. The Bertz CT molecular complexity index is 1110. The summed E-state index contributed by atoms with van der Waals surface area (Å²) in [6, 6.07) is 13.6. The molecule has 0 amide bonds. The predicted molar refractivity (Wildman–Crippen MR) is 122 cm³/mol. The van der Waals surface area contributed by atoms with Crippen molar-refractivity contribution in [1.29, 1.82) is 0 Å². The van der Waals surface area contributed by atoms with Crippen LogP contribution in [0.2, 0.25) is 5.02 Å². The fraction of sp³-hybridized carbons (Fsp3) is 0.227. The van der Waals surface area contributed by atoms with Crippen LogP contribution < -0.4 is 10.6 Å². The van der Waals surface area contributed by atoms with Crippen molar-refractivity contribution in [3.05, 3.63) is 81.1 Å². The fourth-order valence-electron chi connectivity index (χ4n) is 2.75. The largest absolute Gasteiger partial charge is 0.462 e. The molecular formula is C22H22ClN5O4. The van der Waals surface area contributed by atoms with E-state index in [4.69, 9.17) is 16.3 Å². The third-order valence-corrected chi connectivity index (χ3v) is 4.71. The SMILES string of the molecule is CC(C)COC(=O)c1ccc(Nc2ncnc(NCc3ccccc3Cl)c2[N+](=O)[O-])cc1. The van der Waals surface area contributed by atoms with Gasteiger partial charge in [-0.1, -0.05) is 43.6 Å². The smallest absolute Gasteiger partial charge is 0.353 e. The highest BCUT2D eigenvalue weighted by Crippen LogP contribution is 2.31. The number of benzene rings is 2. The van der Waals surface area contributed by atoms with Gasteiger partial charge in [-0.15, -0.1) is 0 Å². The lowest BCUT2D eigenvalue weighted by atomic mass is 10.2. The summed E-state index contributed by atoms with van der Waals surface area (Å²) in [4.78, 5) is 31.3. The van der Waals surface area contributed by atoms with Crippen LogP contribution in [0, 0.1) is 16.0 Å². The van der Waals surface area contributed by atoms with Gasteiger partial charge in [-0.05, 0) is 41.8 Å². The number of hydrogen-bond acceptors (Lipinski definition) is 8. The van der Waals surface area contributed by atoms with Gasteiger partial charge in [0.15, 0.2) is 0 Å². The summed E-state index contributed by atoms with van der Waals surface area (Å²) in [5.41, 5.74) is 1.37. The van der Waals surface area contributed by atoms with E-state index in [0.717, 1.165) is 5.56 Å². The van der Waals surface area contributed by atoms with Crippen LogP contribution in [-0.4, -0.2) is 27.5 Å². The number of anilines is 3. The van der Waals surface area contributed by atoms with E-state index in [-0.39, 0.29) is 29.8 Å². The summed E-state index contributed by atoms with van der Waals surface area (Å²) in [6.45, 7) is 4.49. The van der Waals surface area contributed by atoms with Crippen LogP contribution in [0.15, 0.2) is 54.9 Å². The first-order valence-electron chi connectivity index (χ1n) is 9.86. The number of nitrogens with zero attached hydrogens (tertiary/aromatic N) is 3. The van der Waals surface area contributed by atoms with Gasteiger partial charge in [0.1, 0.15) is 6.33 Å². The number of carbonyl (C=O) groups is 1. The molecule has 0 aliphatic rings. The molecule has 0 spiro atoms. The fourth-order valence-corrected chi connectivity index (χ4v) is 2.95. The highest BCUT2D eigenvalue weighted by molar-refractivity contribution is 6.31. The lowest BCUT2D eigenvalue weighted by molar-refractivity contribution is -0.383. The van der Waals surface area contributed by atoms with E-state index in [1.807, 2.05) is 26.0 Å². The maximum Gasteiger partial charge on any atom is 0.353 e. The Balaban J connectivity index is 1.76. The molecule has 166 valence electrons. The first kappa shape index (κ1) is 23.0. The number of nitro groups is 1. The summed E-state index contributed by atoms with van der Waals surface area (Å²) in [7, 11) is 0. The molecule has 0 radical (unpaired) electrons. The average molecular weight is 456 g/mol. The zero-order valence-electron chi connectivity index (χ0n) is 17.5. The molecule has 0 saturated heterocycles. The number of esters is 1. The monoisotopic (exact) mass is 455 g/mol. The number of carbonyl (C=O) groups excluding carboxylic acids is 1. The molecule has 0 atom stereocenters. The molecule has 32 heavy (non-hydrogen) atoms. The molecular weight excluding hydrogens is 434 g/mol. The van der Waals surface area contributed by atoms with Crippen molar-refractivity contribution in [2.24, 2.45) is 5.92 Å². The maximum absolute atomic E-state index is 12.0. The molecule has 9 nitrogen and oxygen atoms in total. The molecule has 0 fully saturated rings. The lowest BCUT2D eigenvalue weighted by Crippen LogP contribution is -2.10. The Morgan fingerprint density at radius 1 is 1.12 bits per heavy atom. The molecule has 10 heteroatoms. The predicted octanol–water partition coefficient (Wildman–Crippen LogP) is 5.21. The minimum Gasteiger partial charge on any atom is -0.462 e. The van der Waals surface area contributed by atoms with E-state index in [2.05, 4.69) is 20.6 Å². The Labute approximate surface area is 190 Å². The Kier molecular flexibility index (Phi) is 7.56. The minimum absolute atomic E-state index is 0.0155.